The van der Waals surface area contributed by atoms with E-state index in [9.17, 15) is 9.90 Å². The van der Waals surface area contributed by atoms with Crippen molar-refractivity contribution in [3.05, 3.63) is 44.3 Å². The Kier molecular flexibility index (Phi) is 4.38. The molecule has 0 fully saturated rings. The van der Waals surface area contributed by atoms with Crippen LogP contribution in [0.5, 0.6) is 5.75 Å². The van der Waals surface area contributed by atoms with Gasteiger partial charge in [-0.2, -0.15) is 0 Å². The van der Waals surface area contributed by atoms with Crippen molar-refractivity contribution in [2.45, 2.75) is 0 Å². The quantitative estimate of drug-likeness (QED) is 0.746. The Morgan fingerprint density at radius 2 is 1.89 bits per heavy atom. The lowest BCUT2D eigenvalue weighted by Gasteiger charge is -2.07. The first kappa shape index (κ1) is 14.2. The fourth-order valence-corrected chi connectivity index (χ4v) is 2.62. The SMILES string of the molecule is O=C(Nc1cc(Br)c(O)c(Br)c1)c1cncc(Cl)n1. The second-order valence-electron chi connectivity index (χ2n) is 3.47. The molecule has 2 rings (SSSR count). The number of hydrogen-bond donors (Lipinski definition) is 2. The van der Waals surface area contributed by atoms with Crippen LogP contribution in [0.3, 0.4) is 0 Å². The molecule has 19 heavy (non-hydrogen) atoms. The zero-order valence-electron chi connectivity index (χ0n) is 9.19. The molecule has 98 valence electrons. The molecular weight excluding hydrogens is 401 g/mol. The van der Waals surface area contributed by atoms with E-state index in [1.54, 1.807) is 12.1 Å². The van der Waals surface area contributed by atoms with Gasteiger partial charge in [-0.05, 0) is 44.0 Å². The standard InChI is InChI=1S/C11H6Br2ClN3O2/c12-6-1-5(2-7(13)10(6)18)16-11(19)8-3-15-4-9(14)17-8/h1-4,18H,(H,16,19). The lowest BCUT2D eigenvalue weighted by molar-refractivity contribution is 0.102. The van der Waals surface area contributed by atoms with Crippen molar-refractivity contribution < 1.29 is 9.90 Å². The topological polar surface area (TPSA) is 75.1 Å². The molecule has 0 spiro atoms. The number of carbonyl (C=O) groups excluding carboxylic acids is 1. The van der Waals surface area contributed by atoms with Crippen LogP contribution in [0.15, 0.2) is 33.5 Å². The Morgan fingerprint density at radius 3 is 2.47 bits per heavy atom. The van der Waals surface area contributed by atoms with E-state index in [4.69, 9.17) is 11.6 Å². The molecule has 0 bridgehead atoms. The number of nitrogens with zero attached hydrogens (tertiary/aromatic N) is 2. The van der Waals surface area contributed by atoms with Gasteiger partial charge < -0.3 is 10.4 Å². The molecule has 8 heteroatoms. The maximum Gasteiger partial charge on any atom is 0.275 e. The van der Waals surface area contributed by atoms with Crippen LogP contribution in [-0.4, -0.2) is 21.0 Å². The second kappa shape index (κ2) is 5.85. The average Bonchev–Trinajstić information content (AvgIpc) is 2.36. The largest absolute Gasteiger partial charge is 0.506 e. The third kappa shape index (κ3) is 3.43. The first-order valence-electron chi connectivity index (χ1n) is 4.94. The zero-order valence-corrected chi connectivity index (χ0v) is 13.1. The van der Waals surface area contributed by atoms with Gasteiger partial charge in [0, 0.05) is 5.69 Å². The lowest BCUT2D eigenvalue weighted by Crippen LogP contribution is -2.14. The number of aromatic hydroxyl groups is 1. The monoisotopic (exact) mass is 405 g/mol. The summed E-state index contributed by atoms with van der Waals surface area (Å²) >= 11 is 12.0. The molecule has 0 aliphatic heterocycles. The number of phenols is 1. The Morgan fingerprint density at radius 1 is 1.26 bits per heavy atom. The molecule has 5 nitrogen and oxygen atoms in total. The van der Waals surface area contributed by atoms with Gasteiger partial charge in [-0.1, -0.05) is 11.6 Å². The number of anilines is 1. The molecule has 0 saturated carbocycles. The predicted octanol–water partition coefficient (Wildman–Crippen LogP) is 3.61. The van der Waals surface area contributed by atoms with Gasteiger partial charge in [0.1, 0.15) is 16.6 Å². The van der Waals surface area contributed by atoms with E-state index in [1.165, 1.54) is 12.4 Å². The second-order valence-corrected chi connectivity index (χ2v) is 5.57. The van der Waals surface area contributed by atoms with Gasteiger partial charge in [0.25, 0.3) is 5.91 Å². The predicted molar refractivity (Wildman–Crippen MR) is 78.5 cm³/mol. The number of benzene rings is 1. The molecule has 0 aliphatic carbocycles. The van der Waals surface area contributed by atoms with Gasteiger partial charge in [-0.3, -0.25) is 9.78 Å². The van der Waals surface area contributed by atoms with E-state index in [-0.39, 0.29) is 16.6 Å². The number of phenolic OH excluding ortho intramolecular Hbond substituents is 1. The van der Waals surface area contributed by atoms with Crippen LogP contribution in [0.2, 0.25) is 5.15 Å². The van der Waals surface area contributed by atoms with Gasteiger partial charge in [0.2, 0.25) is 0 Å². The van der Waals surface area contributed by atoms with Crippen LogP contribution in [-0.2, 0) is 0 Å². The highest BCUT2D eigenvalue weighted by Crippen LogP contribution is 2.35. The molecule has 1 aromatic carbocycles. The average molecular weight is 407 g/mol. The zero-order chi connectivity index (χ0) is 14.0. The van der Waals surface area contributed by atoms with Gasteiger partial charge in [0.05, 0.1) is 21.3 Å². The van der Waals surface area contributed by atoms with Gasteiger partial charge in [-0.15, -0.1) is 0 Å². The summed E-state index contributed by atoms with van der Waals surface area (Å²) in [5.74, 6) is -0.389. The van der Waals surface area contributed by atoms with Crippen molar-refractivity contribution >= 4 is 55.1 Å². The van der Waals surface area contributed by atoms with Crippen molar-refractivity contribution in [1.29, 1.82) is 0 Å². The third-order valence-electron chi connectivity index (χ3n) is 2.11. The third-order valence-corrected chi connectivity index (χ3v) is 3.50. The number of rotatable bonds is 2. The fourth-order valence-electron chi connectivity index (χ4n) is 1.28. The fraction of sp³-hybridized carbons (Fsp3) is 0. The molecule has 1 amide bonds. The van der Waals surface area contributed by atoms with Crippen LogP contribution in [0.1, 0.15) is 10.5 Å². The summed E-state index contributed by atoms with van der Waals surface area (Å²) in [7, 11) is 0. The summed E-state index contributed by atoms with van der Waals surface area (Å²) in [4.78, 5) is 19.5. The summed E-state index contributed by atoms with van der Waals surface area (Å²) in [6.45, 7) is 0. The molecular formula is C11H6Br2ClN3O2. The maximum atomic E-state index is 11.9. The summed E-state index contributed by atoms with van der Waals surface area (Å²) in [6, 6.07) is 3.13. The van der Waals surface area contributed by atoms with E-state index >= 15 is 0 Å². The van der Waals surface area contributed by atoms with Crippen LogP contribution in [0, 0.1) is 0 Å². The minimum Gasteiger partial charge on any atom is -0.506 e. The summed E-state index contributed by atoms with van der Waals surface area (Å²) in [5.41, 5.74) is 0.594. The van der Waals surface area contributed by atoms with Crippen LogP contribution in [0.25, 0.3) is 0 Å². The number of aromatic nitrogens is 2. The first-order chi connectivity index (χ1) is 8.97. The Balaban J connectivity index is 2.24. The van der Waals surface area contributed by atoms with E-state index < -0.39 is 5.91 Å². The van der Waals surface area contributed by atoms with E-state index in [2.05, 4.69) is 47.1 Å². The Hall–Kier alpha value is -1.18. The smallest absolute Gasteiger partial charge is 0.275 e. The highest BCUT2D eigenvalue weighted by molar-refractivity contribution is 9.11. The Bertz CT molecular complexity index is 629. The summed E-state index contributed by atoms with van der Waals surface area (Å²) in [5, 5.41) is 12.3. The molecule has 1 heterocycles. The van der Waals surface area contributed by atoms with Gasteiger partial charge in [-0.25, -0.2) is 4.98 Å². The number of amides is 1. The van der Waals surface area contributed by atoms with Crippen molar-refractivity contribution in [3.8, 4) is 5.75 Å². The van der Waals surface area contributed by atoms with Crippen LogP contribution < -0.4 is 5.32 Å². The molecule has 2 N–H and O–H groups in total. The molecule has 0 radical (unpaired) electrons. The van der Waals surface area contributed by atoms with Crippen molar-refractivity contribution in [1.82, 2.24) is 9.97 Å². The lowest BCUT2D eigenvalue weighted by atomic mass is 10.3. The van der Waals surface area contributed by atoms with Crippen molar-refractivity contribution in [3.63, 3.8) is 0 Å². The Labute approximate surface area is 130 Å². The minimum absolute atomic E-state index is 0.0561. The van der Waals surface area contributed by atoms with Crippen LogP contribution in [0.4, 0.5) is 5.69 Å². The molecule has 0 atom stereocenters. The normalized spacial score (nSPS) is 10.3. The van der Waals surface area contributed by atoms with E-state index in [0.29, 0.717) is 14.6 Å². The summed E-state index contributed by atoms with van der Waals surface area (Å²) in [6.07, 6.45) is 2.65. The number of carbonyl (C=O) groups is 1. The van der Waals surface area contributed by atoms with Crippen LogP contribution >= 0.6 is 43.5 Å². The first-order valence-corrected chi connectivity index (χ1v) is 6.90. The highest BCUT2D eigenvalue weighted by atomic mass is 79.9. The number of hydrogen-bond acceptors (Lipinski definition) is 4. The maximum absolute atomic E-state index is 11.9. The molecule has 0 aliphatic rings. The summed E-state index contributed by atoms with van der Waals surface area (Å²) < 4.78 is 0.906. The molecule has 1 aromatic heterocycles. The van der Waals surface area contributed by atoms with Gasteiger partial charge >= 0.3 is 0 Å². The van der Waals surface area contributed by atoms with Gasteiger partial charge in [0.15, 0.2) is 0 Å². The highest BCUT2D eigenvalue weighted by Gasteiger charge is 2.11. The van der Waals surface area contributed by atoms with E-state index in [0.717, 1.165) is 0 Å². The number of nitrogens with one attached hydrogen (secondary N) is 1. The molecule has 0 unspecified atom stereocenters. The van der Waals surface area contributed by atoms with E-state index in [1.807, 2.05) is 0 Å². The molecule has 0 saturated heterocycles. The van der Waals surface area contributed by atoms with Crippen molar-refractivity contribution in [2.24, 2.45) is 0 Å². The van der Waals surface area contributed by atoms with Crippen molar-refractivity contribution in [2.75, 3.05) is 5.32 Å². The molecule has 2 aromatic rings. The number of halogens is 3. The minimum atomic E-state index is -0.445.